The van der Waals surface area contributed by atoms with Crippen LogP contribution in [0, 0.1) is 0 Å². The lowest BCUT2D eigenvalue weighted by Gasteiger charge is -2.20. The molecule has 3 aromatic heterocycles. The zero-order valence-electron chi connectivity index (χ0n) is 19.3. The number of H-pyrrole nitrogens is 1. The maximum atomic E-state index is 13.7. The van der Waals surface area contributed by atoms with Gasteiger partial charge in [0.05, 0.1) is 4.75 Å². The van der Waals surface area contributed by atoms with Gasteiger partial charge in [0.15, 0.2) is 0 Å². The van der Waals surface area contributed by atoms with Crippen LogP contribution in [0.25, 0.3) is 22.0 Å². The number of anilines is 1. The van der Waals surface area contributed by atoms with Gasteiger partial charge in [-0.1, -0.05) is 15.9 Å². The Hall–Kier alpha value is -3.44. The summed E-state index contributed by atoms with van der Waals surface area (Å²) in [6.45, 7) is 4.68. The molecule has 4 aromatic rings. The molecule has 1 aromatic carbocycles. The van der Waals surface area contributed by atoms with E-state index in [-0.39, 0.29) is 17.8 Å². The van der Waals surface area contributed by atoms with E-state index in [1.165, 1.54) is 27.0 Å². The molecule has 0 atom stereocenters. The molecule has 4 N–H and O–H groups in total. The number of amides is 1. The van der Waals surface area contributed by atoms with E-state index in [4.69, 9.17) is 5.73 Å². The summed E-state index contributed by atoms with van der Waals surface area (Å²) in [7, 11) is -4.03. The predicted octanol–water partition coefficient (Wildman–Crippen LogP) is 3.64. The molecule has 0 saturated heterocycles. The van der Waals surface area contributed by atoms with E-state index in [9.17, 15) is 18.0 Å². The number of nitrogen functional groups attached to an aromatic ring is 1. The van der Waals surface area contributed by atoms with Crippen LogP contribution in [0.15, 0.2) is 64.1 Å². The molecule has 35 heavy (non-hydrogen) atoms. The van der Waals surface area contributed by atoms with Crippen LogP contribution in [-0.2, 0) is 16.6 Å². The minimum Gasteiger partial charge on any atom is -0.384 e. The molecule has 0 aliphatic heterocycles. The molecule has 0 spiro atoms. The molecule has 0 saturated carbocycles. The van der Waals surface area contributed by atoms with E-state index in [1.807, 2.05) is 6.07 Å². The molecule has 0 aliphatic carbocycles. The zero-order valence-corrected chi connectivity index (χ0v) is 21.7. The summed E-state index contributed by atoms with van der Waals surface area (Å²) in [4.78, 5) is 33.1. The topological polar surface area (TPSA) is 140 Å². The SMILES string of the molecule is CC(C)(C)S(=O)(=O)NC(=O)c1c(-c2ccc[nH]c2=O)c2cc(Br)ccc2n1Cc1ccnc(N)c1. The predicted molar refractivity (Wildman–Crippen MR) is 140 cm³/mol. The number of benzene rings is 1. The van der Waals surface area contributed by atoms with Gasteiger partial charge in [0, 0.05) is 45.4 Å². The first-order valence-electron chi connectivity index (χ1n) is 10.7. The van der Waals surface area contributed by atoms with Gasteiger partial charge in [-0.15, -0.1) is 0 Å². The van der Waals surface area contributed by atoms with Crippen LogP contribution in [0.2, 0.25) is 0 Å². The maximum Gasteiger partial charge on any atom is 0.282 e. The zero-order chi connectivity index (χ0) is 25.5. The Labute approximate surface area is 210 Å². The Bertz CT molecular complexity index is 1620. The van der Waals surface area contributed by atoms with Crippen molar-refractivity contribution in [1.82, 2.24) is 19.3 Å². The van der Waals surface area contributed by atoms with Gasteiger partial charge in [0.25, 0.3) is 11.5 Å². The number of hydrogen-bond donors (Lipinski definition) is 3. The second-order valence-corrected chi connectivity index (χ2v) is 12.4. The van der Waals surface area contributed by atoms with Crippen LogP contribution in [0.4, 0.5) is 5.82 Å². The van der Waals surface area contributed by atoms with E-state index in [1.54, 1.807) is 47.2 Å². The van der Waals surface area contributed by atoms with Crippen molar-refractivity contribution in [2.24, 2.45) is 0 Å². The largest absolute Gasteiger partial charge is 0.384 e. The van der Waals surface area contributed by atoms with Crippen LogP contribution in [-0.4, -0.2) is 33.6 Å². The summed E-state index contributed by atoms with van der Waals surface area (Å²) >= 11 is 3.46. The van der Waals surface area contributed by atoms with Crippen molar-refractivity contribution in [3.8, 4) is 11.1 Å². The van der Waals surface area contributed by atoms with E-state index >= 15 is 0 Å². The van der Waals surface area contributed by atoms with Gasteiger partial charge in [-0.05, 0) is 68.8 Å². The first-order valence-corrected chi connectivity index (χ1v) is 12.9. The number of nitrogens with two attached hydrogens (primary N) is 1. The number of halogens is 1. The Morgan fingerprint density at radius 3 is 2.60 bits per heavy atom. The smallest absolute Gasteiger partial charge is 0.282 e. The van der Waals surface area contributed by atoms with Crippen LogP contribution >= 0.6 is 15.9 Å². The highest BCUT2D eigenvalue weighted by Crippen LogP contribution is 2.36. The minimum absolute atomic E-state index is 0.0398. The van der Waals surface area contributed by atoms with Crippen LogP contribution in [0.1, 0.15) is 36.8 Å². The van der Waals surface area contributed by atoms with Gasteiger partial charge in [-0.2, -0.15) is 0 Å². The summed E-state index contributed by atoms with van der Waals surface area (Å²) < 4.78 is 29.2. The summed E-state index contributed by atoms with van der Waals surface area (Å²) in [6.07, 6.45) is 3.05. The number of carbonyl (C=O) groups excluding carboxylic acids is 1. The average molecular weight is 558 g/mol. The lowest BCUT2D eigenvalue weighted by atomic mass is 10.0. The molecule has 182 valence electrons. The molecule has 0 radical (unpaired) electrons. The Morgan fingerprint density at radius 2 is 1.94 bits per heavy atom. The third-order valence-electron chi connectivity index (χ3n) is 5.55. The highest BCUT2D eigenvalue weighted by Gasteiger charge is 2.34. The summed E-state index contributed by atoms with van der Waals surface area (Å²) in [5, 5.41) is 0.608. The number of hydrogen-bond acceptors (Lipinski definition) is 6. The summed E-state index contributed by atoms with van der Waals surface area (Å²) in [5.41, 5.74) is 7.44. The number of rotatable bonds is 5. The molecule has 0 unspecified atom stereocenters. The summed E-state index contributed by atoms with van der Waals surface area (Å²) in [6, 6.07) is 12.1. The number of pyridine rings is 2. The molecule has 0 aliphatic rings. The lowest BCUT2D eigenvalue weighted by molar-refractivity contribution is 0.0973. The average Bonchev–Trinajstić information content (AvgIpc) is 3.06. The highest BCUT2D eigenvalue weighted by molar-refractivity contribution is 9.10. The van der Waals surface area contributed by atoms with Crippen molar-refractivity contribution in [3.05, 3.63) is 80.9 Å². The third kappa shape index (κ3) is 4.73. The molecule has 1 amide bonds. The highest BCUT2D eigenvalue weighted by atomic mass is 79.9. The van der Waals surface area contributed by atoms with E-state index in [0.29, 0.717) is 22.3 Å². The first-order chi connectivity index (χ1) is 16.4. The van der Waals surface area contributed by atoms with Crippen molar-refractivity contribution in [1.29, 1.82) is 0 Å². The molecule has 3 heterocycles. The normalized spacial score (nSPS) is 12.1. The van der Waals surface area contributed by atoms with Crippen molar-refractivity contribution >= 4 is 48.6 Å². The van der Waals surface area contributed by atoms with Gasteiger partial charge in [0.1, 0.15) is 11.5 Å². The molecular formula is C24H24BrN5O4S. The Kier molecular flexibility index (Phi) is 6.32. The molecule has 4 rings (SSSR count). The quantitative estimate of drug-likeness (QED) is 0.342. The van der Waals surface area contributed by atoms with Gasteiger partial charge in [-0.25, -0.2) is 18.1 Å². The molecule has 0 fully saturated rings. The van der Waals surface area contributed by atoms with Crippen molar-refractivity contribution < 1.29 is 13.2 Å². The number of carbonyl (C=O) groups is 1. The van der Waals surface area contributed by atoms with E-state index in [2.05, 4.69) is 30.6 Å². The van der Waals surface area contributed by atoms with Crippen LogP contribution in [0.3, 0.4) is 0 Å². The van der Waals surface area contributed by atoms with Gasteiger partial charge < -0.3 is 15.3 Å². The fourth-order valence-corrected chi connectivity index (χ4v) is 4.73. The summed E-state index contributed by atoms with van der Waals surface area (Å²) in [5.74, 6) is -0.532. The third-order valence-corrected chi connectivity index (χ3v) is 8.11. The van der Waals surface area contributed by atoms with Crippen molar-refractivity contribution in [2.75, 3.05) is 5.73 Å². The molecular weight excluding hydrogens is 534 g/mol. The number of aromatic nitrogens is 3. The number of fused-ring (bicyclic) bond motifs is 1. The molecule has 0 bridgehead atoms. The Morgan fingerprint density at radius 1 is 1.20 bits per heavy atom. The second kappa shape index (κ2) is 8.97. The number of aromatic amines is 1. The van der Waals surface area contributed by atoms with Crippen molar-refractivity contribution in [2.45, 2.75) is 32.1 Å². The molecule has 9 nitrogen and oxygen atoms in total. The molecule has 11 heteroatoms. The second-order valence-electron chi connectivity index (χ2n) is 9.02. The first kappa shape index (κ1) is 24.7. The van der Waals surface area contributed by atoms with Gasteiger partial charge in [-0.3, -0.25) is 9.59 Å². The minimum atomic E-state index is -4.03. The standard InChI is InChI=1S/C24H24BrN5O4S/c1-24(2,3)35(33,34)29-23(32)21-20(16-5-4-9-28-22(16)31)17-12-15(25)6-7-18(17)30(21)13-14-8-10-27-19(26)11-14/h4-12H,13H2,1-3H3,(H2,26,27)(H,28,31)(H,29,32). The number of sulfonamides is 1. The fourth-order valence-electron chi connectivity index (χ4n) is 3.72. The number of nitrogens with zero attached hydrogens (tertiary/aromatic N) is 2. The lowest BCUT2D eigenvalue weighted by Crippen LogP contribution is -2.43. The van der Waals surface area contributed by atoms with Gasteiger partial charge >= 0.3 is 0 Å². The van der Waals surface area contributed by atoms with Crippen LogP contribution in [0.5, 0.6) is 0 Å². The number of nitrogens with one attached hydrogen (secondary N) is 2. The maximum absolute atomic E-state index is 13.7. The Balaban J connectivity index is 2.06. The van der Waals surface area contributed by atoms with Crippen molar-refractivity contribution in [3.63, 3.8) is 0 Å². The van der Waals surface area contributed by atoms with E-state index in [0.717, 1.165) is 10.0 Å². The van der Waals surface area contributed by atoms with Gasteiger partial charge in [0.2, 0.25) is 10.0 Å². The van der Waals surface area contributed by atoms with E-state index < -0.39 is 26.2 Å². The fraction of sp³-hybridized carbons (Fsp3) is 0.208. The monoisotopic (exact) mass is 557 g/mol. The van der Waals surface area contributed by atoms with Crippen LogP contribution < -0.4 is 16.0 Å².